The third-order valence-electron chi connectivity index (χ3n) is 3.32. The number of nitrogens with zero attached hydrogens (tertiary/aromatic N) is 1. The first kappa shape index (κ1) is 11.6. The van der Waals surface area contributed by atoms with E-state index in [-0.39, 0.29) is 0 Å². The summed E-state index contributed by atoms with van der Waals surface area (Å²) in [5.41, 5.74) is 1.44. The van der Waals surface area contributed by atoms with Crippen molar-refractivity contribution in [3.63, 3.8) is 0 Å². The predicted octanol–water partition coefficient (Wildman–Crippen LogP) is 2.26. The van der Waals surface area contributed by atoms with Crippen molar-refractivity contribution in [1.29, 1.82) is 0 Å². The van der Waals surface area contributed by atoms with Gasteiger partial charge in [0.05, 0.1) is 0 Å². The normalized spacial score (nSPS) is 22.2. The first-order valence-electron chi connectivity index (χ1n) is 6.39. The molecule has 88 valence electrons. The van der Waals surface area contributed by atoms with Gasteiger partial charge in [-0.15, -0.1) is 0 Å². The third kappa shape index (κ3) is 3.06. The fourth-order valence-corrected chi connectivity index (χ4v) is 2.45. The molecule has 2 rings (SSSR count). The van der Waals surface area contributed by atoms with E-state index in [0.29, 0.717) is 0 Å². The van der Waals surface area contributed by atoms with Crippen LogP contribution >= 0.6 is 0 Å². The predicted molar refractivity (Wildman–Crippen MR) is 68.4 cm³/mol. The van der Waals surface area contributed by atoms with E-state index in [1.807, 2.05) is 0 Å². The van der Waals surface area contributed by atoms with Crippen molar-refractivity contribution in [3.05, 3.63) is 35.9 Å². The molecule has 1 N–H and O–H groups in total. The van der Waals surface area contributed by atoms with Crippen molar-refractivity contribution < 1.29 is 0 Å². The zero-order valence-corrected chi connectivity index (χ0v) is 10.2. The molecule has 1 aromatic carbocycles. The minimum absolute atomic E-state index is 0.721. The van der Waals surface area contributed by atoms with Gasteiger partial charge in [0, 0.05) is 32.2 Å². The molecular weight excluding hydrogens is 196 g/mol. The standard InChI is InChI=1S/C14H22N2/c1-2-6-14-11-15-9-10-16(14)12-13-7-4-3-5-8-13/h3-5,7-8,14-15H,2,6,9-12H2,1H3/t14-/m1/s1. The van der Waals surface area contributed by atoms with Crippen molar-refractivity contribution in [2.24, 2.45) is 0 Å². The van der Waals surface area contributed by atoms with E-state index in [1.165, 1.54) is 24.9 Å². The molecule has 1 heterocycles. The Kier molecular flexibility index (Phi) is 4.37. The summed E-state index contributed by atoms with van der Waals surface area (Å²) in [6.45, 7) is 6.84. The Morgan fingerprint density at radius 2 is 2.12 bits per heavy atom. The van der Waals surface area contributed by atoms with E-state index >= 15 is 0 Å². The monoisotopic (exact) mass is 218 g/mol. The Hall–Kier alpha value is -0.860. The van der Waals surface area contributed by atoms with E-state index in [4.69, 9.17) is 0 Å². The van der Waals surface area contributed by atoms with Crippen LogP contribution in [0.2, 0.25) is 0 Å². The molecule has 0 saturated carbocycles. The van der Waals surface area contributed by atoms with Crippen LogP contribution in [-0.4, -0.2) is 30.6 Å². The molecule has 0 amide bonds. The molecular formula is C14H22N2. The van der Waals surface area contributed by atoms with Crippen LogP contribution in [0.4, 0.5) is 0 Å². The lowest BCUT2D eigenvalue weighted by molar-refractivity contribution is 0.144. The number of hydrogen-bond donors (Lipinski definition) is 1. The molecule has 1 aliphatic heterocycles. The van der Waals surface area contributed by atoms with Gasteiger partial charge in [0.25, 0.3) is 0 Å². The molecule has 1 saturated heterocycles. The van der Waals surface area contributed by atoms with Crippen LogP contribution in [0.5, 0.6) is 0 Å². The highest BCUT2D eigenvalue weighted by Crippen LogP contribution is 2.13. The number of piperazine rings is 1. The van der Waals surface area contributed by atoms with Crippen molar-refractivity contribution in [2.75, 3.05) is 19.6 Å². The summed E-state index contributed by atoms with van der Waals surface area (Å²) >= 11 is 0. The molecule has 1 atom stereocenters. The molecule has 2 heteroatoms. The highest BCUT2D eigenvalue weighted by molar-refractivity contribution is 5.14. The molecule has 1 fully saturated rings. The van der Waals surface area contributed by atoms with Crippen LogP contribution in [0.15, 0.2) is 30.3 Å². The molecule has 0 aliphatic carbocycles. The summed E-state index contributed by atoms with van der Waals surface area (Å²) in [6.07, 6.45) is 2.58. The Bertz CT molecular complexity index is 295. The smallest absolute Gasteiger partial charge is 0.0237 e. The van der Waals surface area contributed by atoms with E-state index < -0.39 is 0 Å². The lowest BCUT2D eigenvalue weighted by atomic mass is 10.1. The molecule has 0 aromatic heterocycles. The second-order valence-electron chi connectivity index (χ2n) is 4.60. The quantitative estimate of drug-likeness (QED) is 0.834. The van der Waals surface area contributed by atoms with Gasteiger partial charge in [-0.1, -0.05) is 43.7 Å². The van der Waals surface area contributed by atoms with Crippen molar-refractivity contribution in [2.45, 2.75) is 32.4 Å². The van der Waals surface area contributed by atoms with E-state index in [9.17, 15) is 0 Å². The van der Waals surface area contributed by atoms with Gasteiger partial charge < -0.3 is 5.32 Å². The number of hydrogen-bond acceptors (Lipinski definition) is 2. The average molecular weight is 218 g/mol. The fraction of sp³-hybridized carbons (Fsp3) is 0.571. The minimum Gasteiger partial charge on any atom is -0.314 e. The lowest BCUT2D eigenvalue weighted by Gasteiger charge is -2.36. The molecule has 0 bridgehead atoms. The van der Waals surface area contributed by atoms with E-state index in [1.54, 1.807) is 0 Å². The lowest BCUT2D eigenvalue weighted by Crippen LogP contribution is -2.50. The largest absolute Gasteiger partial charge is 0.314 e. The molecule has 16 heavy (non-hydrogen) atoms. The summed E-state index contributed by atoms with van der Waals surface area (Å²) in [6, 6.07) is 11.5. The zero-order chi connectivity index (χ0) is 11.2. The summed E-state index contributed by atoms with van der Waals surface area (Å²) < 4.78 is 0. The van der Waals surface area contributed by atoms with Crippen LogP contribution in [0, 0.1) is 0 Å². The van der Waals surface area contributed by atoms with Crippen LogP contribution in [-0.2, 0) is 6.54 Å². The molecule has 0 unspecified atom stereocenters. The molecule has 1 aromatic rings. The van der Waals surface area contributed by atoms with E-state index in [2.05, 4.69) is 47.5 Å². The maximum absolute atomic E-state index is 3.49. The Morgan fingerprint density at radius 3 is 2.88 bits per heavy atom. The first-order valence-corrected chi connectivity index (χ1v) is 6.39. The fourth-order valence-electron chi connectivity index (χ4n) is 2.45. The van der Waals surface area contributed by atoms with Gasteiger partial charge >= 0.3 is 0 Å². The van der Waals surface area contributed by atoms with Crippen molar-refractivity contribution >= 4 is 0 Å². The van der Waals surface area contributed by atoms with Crippen molar-refractivity contribution in [1.82, 2.24) is 10.2 Å². The Balaban J connectivity index is 1.96. The maximum Gasteiger partial charge on any atom is 0.0237 e. The van der Waals surface area contributed by atoms with Crippen LogP contribution in [0.25, 0.3) is 0 Å². The second kappa shape index (κ2) is 6.02. The third-order valence-corrected chi connectivity index (χ3v) is 3.32. The Labute approximate surface area is 98.7 Å². The zero-order valence-electron chi connectivity index (χ0n) is 10.2. The number of benzene rings is 1. The van der Waals surface area contributed by atoms with Gasteiger partial charge in [-0.3, -0.25) is 4.90 Å². The van der Waals surface area contributed by atoms with Gasteiger partial charge in [-0.25, -0.2) is 0 Å². The molecule has 1 aliphatic rings. The molecule has 2 nitrogen and oxygen atoms in total. The number of nitrogens with one attached hydrogen (secondary N) is 1. The highest BCUT2D eigenvalue weighted by atomic mass is 15.2. The average Bonchev–Trinajstić information content (AvgIpc) is 2.33. The summed E-state index contributed by atoms with van der Waals surface area (Å²) in [5, 5.41) is 3.49. The summed E-state index contributed by atoms with van der Waals surface area (Å²) in [5.74, 6) is 0. The molecule has 0 spiro atoms. The van der Waals surface area contributed by atoms with Crippen LogP contribution in [0.1, 0.15) is 25.3 Å². The van der Waals surface area contributed by atoms with Gasteiger partial charge in [-0.05, 0) is 12.0 Å². The second-order valence-corrected chi connectivity index (χ2v) is 4.60. The summed E-state index contributed by atoms with van der Waals surface area (Å²) in [4.78, 5) is 2.62. The topological polar surface area (TPSA) is 15.3 Å². The van der Waals surface area contributed by atoms with Gasteiger partial charge in [0.15, 0.2) is 0 Å². The van der Waals surface area contributed by atoms with Crippen LogP contribution < -0.4 is 5.32 Å². The minimum atomic E-state index is 0.721. The summed E-state index contributed by atoms with van der Waals surface area (Å²) in [7, 11) is 0. The van der Waals surface area contributed by atoms with Gasteiger partial charge in [0.1, 0.15) is 0 Å². The van der Waals surface area contributed by atoms with Gasteiger partial charge in [0.2, 0.25) is 0 Å². The van der Waals surface area contributed by atoms with E-state index in [0.717, 1.165) is 25.7 Å². The van der Waals surface area contributed by atoms with Crippen molar-refractivity contribution in [3.8, 4) is 0 Å². The maximum atomic E-state index is 3.49. The SMILES string of the molecule is CCC[C@@H]1CNCCN1Cc1ccccc1. The van der Waals surface area contributed by atoms with Crippen LogP contribution in [0.3, 0.4) is 0 Å². The Morgan fingerprint density at radius 1 is 1.31 bits per heavy atom. The highest BCUT2D eigenvalue weighted by Gasteiger charge is 2.20. The molecule has 0 radical (unpaired) electrons. The van der Waals surface area contributed by atoms with Gasteiger partial charge in [-0.2, -0.15) is 0 Å². The first-order chi connectivity index (χ1) is 7.90. The number of rotatable bonds is 4.